The van der Waals surface area contributed by atoms with Crippen molar-refractivity contribution in [3.05, 3.63) is 64.2 Å². The van der Waals surface area contributed by atoms with E-state index in [1.807, 2.05) is 13.0 Å². The molecule has 2 heterocycles. The first-order valence-electron chi connectivity index (χ1n) is 9.69. The quantitative estimate of drug-likeness (QED) is 0.500. The van der Waals surface area contributed by atoms with Crippen molar-refractivity contribution in [1.29, 1.82) is 0 Å². The van der Waals surface area contributed by atoms with E-state index in [1.54, 1.807) is 29.1 Å². The molecule has 0 aliphatic heterocycles. The lowest BCUT2D eigenvalue weighted by Gasteiger charge is -2.14. The van der Waals surface area contributed by atoms with Crippen LogP contribution < -0.4 is 16.3 Å². The van der Waals surface area contributed by atoms with E-state index in [2.05, 4.69) is 27.4 Å². The van der Waals surface area contributed by atoms with Crippen molar-refractivity contribution < 1.29 is 0 Å². The van der Waals surface area contributed by atoms with E-state index in [-0.39, 0.29) is 5.56 Å². The van der Waals surface area contributed by atoms with Crippen molar-refractivity contribution in [1.82, 2.24) is 9.55 Å². The number of nitrogens with one attached hydrogen (secondary N) is 2. The van der Waals surface area contributed by atoms with E-state index in [0.29, 0.717) is 28.9 Å². The summed E-state index contributed by atoms with van der Waals surface area (Å²) in [5.41, 5.74) is 4.94. The lowest BCUT2D eigenvalue weighted by molar-refractivity contribution is 0.655. The van der Waals surface area contributed by atoms with E-state index in [9.17, 15) is 4.79 Å². The van der Waals surface area contributed by atoms with Crippen LogP contribution in [0.3, 0.4) is 0 Å². The van der Waals surface area contributed by atoms with E-state index >= 15 is 0 Å². The minimum absolute atomic E-state index is 0.0297. The number of aryl methyl sites for hydroxylation is 1. The average Bonchev–Trinajstić information content (AvgIpc) is 3.19. The van der Waals surface area contributed by atoms with Crippen molar-refractivity contribution in [3.8, 4) is 0 Å². The number of hydrazone groups is 1. The Bertz CT molecular complexity index is 915. The summed E-state index contributed by atoms with van der Waals surface area (Å²) in [7, 11) is 0. The molecule has 0 amide bonds. The van der Waals surface area contributed by atoms with Gasteiger partial charge in [0.25, 0.3) is 5.56 Å². The summed E-state index contributed by atoms with van der Waals surface area (Å²) in [6, 6.07) is 5.53. The van der Waals surface area contributed by atoms with Gasteiger partial charge in [-0.2, -0.15) is 5.10 Å². The van der Waals surface area contributed by atoms with E-state index < -0.39 is 0 Å². The summed E-state index contributed by atoms with van der Waals surface area (Å²) >= 11 is 6.48. The van der Waals surface area contributed by atoms with Gasteiger partial charge in [-0.15, -0.1) is 0 Å². The summed E-state index contributed by atoms with van der Waals surface area (Å²) < 4.78 is 1.66. The molecule has 2 aromatic heterocycles. The van der Waals surface area contributed by atoms with Crippen LogP contribution in [0.2, 0.25) is 5.02 Å². The topological polar surface area (TPSA) is 71.3 Å². The second-order valence-electron chi connectivity index (χ2n) is 6.94. The number of hydrogen-bond donors (Lipinski definition) is 2. The maximum atomic E-state index is 11.8. The normalized spacial score (nSPS) is 14.9. The minimum atomic E-state index is -0.0297. The van der Waals surface area contributed by atoms with Crippen LogP contribution in [0, 0.1) is 0 Å². The highest BCUT2D eigenvalue weighted by atomic mass is 35.5. The van der Waals surface area contributed by atoms with E-state index in [1.165, 1.54) is 31.7 Å². The molecule has 148 valence electrons. The highest BCUT2D eigenvalue weighted by Gasteiger charge is 2.16. The van der Waals surface area contributed by atoms with Gasteiger partial charge >= 0.3 is 0 Å². The van der Waals surface area contributed by atoms with Crippen molar-refractivity contribution >= 4 is 28.8 Å². The molecule has 6 nitrogen and oxygen atoms in total. The van der Waals surface area contributed by atoms with Crippen LogP contribution in [0.1, 0.15) is 44.6 Å². The third kappa shape index (κ3) is 5.01. The van der Waals surface area contributed by atoms with Gasteiger partial charge in [0.05, 0.1) is 16.4 Å². The zero-order valence-electron chi connectivity index (χ0n) is 16.1. The van der Waals surface area contributed by atoms with Gasteiger partial charge in [-0.25, -0.2) is 4.98 Å². The predicted molar refractivity (Wildman–Crippen MR) is 116 cm³/mol. The van der Waals surface area contributed by atoms with Gasteiger partial charge in [-0.1, -0.05) is 37.9 Å². The van der Waals surface area contributed by atoms with Crippen LogP contribution in [-0.4, -0.2) is 21.3 Å². The number of halogens is 1. The lowest BCUT2D eigenvalue weighted by atomic mass is 10.1. The Morgan fingerprint density at radius 3 is 2.89 bits per heavy atom. The minimum Gasteiger partial charge on any atom is -0.367 e. The van der Waals surface area contributed by atoms with Crippen LogP contribution in [0.25, 0.3) is 0 Å². The highest BCUT2D eigenvalue weighted by Crippen LogP contribution is 2.24. The number of anilines is 2. The standard InChI is InChI=1S/C21H26ClN5O/c1-3-11-27-14-16(9-10-21(27)28)25-26-19(4-2)17-13-23-20(12-18(17)22)24-15-7-5-6-8-15/h4,9-10,12-15,25H,2-3,5-8,11H2,1H3,(H,23,24)/b26-19+. The molecule has 2 aromatic rings. The molecular weight excluding hydrogens is 374 g/mol. The molecule has 0 radical (unpaired) electrons. The summed E-state index contributed by atoms with van der Waals surface area (Å²) in [5.74, 6) is 0.781. The van der Waals surface area contributed by atoms with Gasteiger partial charge in [0, 0.05) is 36.6 Å². The molecule has 1 fully saturated rings. The SMILES string of the molecule is C=C/C(=N\Nc1ccc(=O)n(CCC)c1)c1cnc(NC2CCCC2)cc1Cl. The maximum absolute atomic E-state index is 11.8. The van der Waals surface area contributed by atoms with Crippen molar-refractivity contribution in [2.24, 2.45) is 5.10 Å². The summed E-state index contributed by atoms with van der Waals surface area (Å²) in [5, 5.41) is 8.40. The van der Waals surface area contributed by atoms with Gasteiger partial charge in [0.2, 0.25) is 0 Å². The summed E-state index contributed by atoms with van der Waals surface area (Å²) in [4.78, 5) is 16.3. The van der Waals surface area contributed by atoms with Gasteiger partial charge in [-0.05, 0) is 37.5 Å². The fraction of sp³-hybridized carbons (Fsp3) is 0.381. The molecule has 0 atom stereocenters. The molecule has 0 saturated heterocycles. The third-order valence-corrected chi connectivity index (χ3v) is 5.10. The molecule has 2 N–H and O–H groups in total. The van der Waals surface area contributed by atoms with E-state index in [0.717, 1.165) is 17.9 Å². The molecule has 28 heavy (non-hydrogen) atoms. The van der Waals surface area contributed by atoms with Crippen LogP contribution >= 0.6 is 11.6 Å². The molecule has 0 bridgehead atoms. The first kappa shape index (κ1) is 20.1. The van der Waals surface area contributed by atoms with Crippen LogP contribution in [0.15, 0.2) is 53.1 Å². The molecule has 0 aromatic carbocycles. The van der Waals surface area contributed by atoms with E-state index in [4.69, 9.17) is 11.6 Å². The first-order chi connectivity index (χ1) is 13.6. The zero-order valence-corrected chi connectivity index (χ0v) is 16.9. The van der Waals surface area contributed by atoms with Gasteiger partial charge in [-0.3, -0.25) is 10.2 Å². The number of rotatable bonds is 8. The largest absolute Gasteiger partial charge is 0.367 e. The number of pyridine rings is 2. The monoisotopic (exact) mass is 399 g/mol. The van der Waals surface area contributed by atoms with Crippen LogP contribution in [0.5, 0.6) is 0 Å². The summed E-state index contributed by atoms with van der Waals surface area (Å²) in [6.45, 7) is 6.52. The molecule has 1 aliphatic rings. The Kier molecular flexibility index (Phi) is 6.87. The number of allylic oxidation sites excluding steroid dienone is 1. The fourth-order valence-corrected chi connectivity index (χ4v) is 3.58. The van der Waals surface area contributed by atoms with Crippen molar-refractivity contribution in [3.63, 3.8) is 0 Å². The second kappa shape index (κ2) is 9.55. The molecule has 1 saturated carbocycles. The molecule has 1 aliphatic carbocycles. The van der Waals surface area contributed by atoms with Crippen LogP contribution in [-0.2, 0) is 6.54 Å². The summed E-state index contributed by atoms with van der Waals surface area (Å²) in [6.07, 6.45) is 10.8. The molecule has 7 heteroatoms. The Morgan fingerprint density at radius 1 is 1.43 bits per heavy atom. The molecule has 3 rings (SSSR count). The average molecular weight is 400 g/mol. The molecule has 0 spiro atoms. The van der Waals surface area contributed by atoms with Crippen LogP contribution in [0.4, 0.5) is 11.5 Å². The van der Waals surface area contributed by atoms with Gasteiger partial charge in [0.1, 0.15) is 5.82 Å². The zero-order chi connectivity index (χ0) is 19.9. The maximum Gasteiger partial charge on any atom is 0.250 e. The van der Waals surface area contributed by atoms with Crippen molar-refractivity contribution in [2.45, 2.75) is 51.6 Å². The lowest BCUT2D eigenvalue weighted by Crippen LogP contribution is -2.18. The molecule has 0 unspecified atom stereocenters. The number of nitrogens with zero attached hydrogens (tertiary/aromatic N) is 3. The highest BCUT2D eigenvalue weighted by molar-refractivity contribution is 6.35. The molecular formula is C21H26ClN5O. The Balaban J connectivity index is 1.76. The first-order valence-corrected chi connectivity index (χ1v) is 10.1. The van der Waals surface area contributed by atoms with Crippen molar-refractivity contribution in [2.75, 3.05) is 10.7 Å². The Labute approximate surface area is 170 Å². The number of aromatic nitrogens is 2. The third-order valence-electron chi connectivity index (χ3n) is 4.78. The van der Waals surface area contributed by atoms with Gasteiger partial charge in [0.15, 0.2) is 0 Å². The Hall–Kier alpha value is -2.60. The second-order valence-corrected chi connectivity index (χ2v) is 7.34. The number of hydrogen-bond acceptors (Lipinski definition) is 5. The fourth-order valence-electron chi connectivity index (χ4n) is 3.33. The van der Waals surface area contributed by atoms with Gasteiger partial charge < -0.3 is 9.88 Å². The predicted octanol–water partition coefficient (Wildman–Crippen LogP) is 4.66. The smallest absolute Gasteiger partial charge is 0.250 e. The Morgan fingerprint density at radius 2 is 2.21 bits per heavy atom.